The molecule has 2 aliphatic heterocycles. The summed E-state index contributed by atoms with van der Waals surface area (Å²) >= 11 is 1.77. The minimum absolute atomic E-state index is 0.175. The van der Waals surface area contributed by atoms with Gasteiger partial charge in [-0.15, -0.1) is 11.3 Å². The molecule has 0 amide bonds. The van der Waals surface area contributed by atoms with E-state index in [0.29, 0.717) is 0 Å². The van der Waals surface area contributed by atoms with Crippen molar-refractivity contribution in [2.24, 2.45) is 0 Å². The minimum Gasteiger partial charge on any atom is -0.493 e. The standard InChI is InChI=1S/C20H22N2O2S/c1-23-17-8-5-7-14-16-13-15(18-9-6-12-25-18)21-22(16)20(24-19(14)17)10-3-2-4-11-20/h5-9,12-13,16,21H,2-4,10-11H2,1H3. The van der Waals surface area contributed by atoms with Gasteiger partial charge in [-0.1, -0.05) is 24.6 Å². The van der Waals surface area contributed by atoms with Gasteiger partial charge in [0.25, 0.3) is 0 Å². The molecule has 130 valence electrons. The van der Waals surface area contributed by atoms with Gasteiger partial charge in [-0.25, -0.2) is 0 Å². The second-order valence-corrected chi connectivity index (χ2v) is 7.92. The summed E-state index contributed by atoms with van der Waals surface area (Å²) in [5.74, 6) is 1.75. The van der Waals surface area contributed by atoms with Crippen molar-refractivity contribution in [1.82, 2.24) is 10.4 Å². The fraction of sp³-hybridized carbons (Fsp3) is 0.400. The molecular weight excluding hydrogens is 332 g/mol. The Hall–Kier alpha value is -1.98. The average Bonchev–Trinajstić information content (AvgIpc) is 3.32. The first kappa shape index (κ1) is 15.3. The van der Waals surface area contributed by atoms with Gasteiger partial charge in [0, 0.05) is 18.4 Å². The summed E-state index contributed by atoms with van der Waals surface area (Å²) in [6.07, 6.45) is 8.10. The molecule has 3 aliphatic rings. The van der Waals surface area contributed by atoms with Crippen LogP contribution < -0.4 is 14.9 Å². The van der Waals surface area contributed by atoms with Crippen LogP contribution in [0.25, 0.3) is 5.70 Å². The highest BCUT2D eigenvalue weighted by molar-refractivity contribution is 7.11. The van der Waals surface area contributed by atoms with Crippen LogP contribution in [0.3, 0.4) is 0 Å². The summed E-state index contributed by atoms with van der Waals surface area (Å²) in [6, 6.07) is 10.6. The lowest BCUT2D eigenvalue weighted by Gasteiger charge is -2.50. The van der Waals surface area contributed by atoms with E-state index in [-0.39, 0.29) is 11.8 Å². The van der Waals surface area contributed by atoms with E-state index in [4.69, 9.17) is 9.47 Å². The maximum atomic E-state index is 6.67. The normalized spacial score (nSPS) is 24.0. The van der Waals surface area contributed by atoms with Crippen molar-refractivity contribution in [1.29, 1.82) is 0 Å². The first-order valence-electron chi connectivity index (χ1n) is 8.98. The van der Waals surface area contributed by atoms with E-state index in [0.717, 1.165) is 24.3 Å². The van der Waals surface area contributed by atoms with E-state index in [1.54, 1.807) is 18.4 Å². The summed E-state index contributed by atoms with van der Waals surface area (Å²) in [5, 5.41) is 4.47. The molecule has 1 saturated carbocycles. The van der Waals surface area contributed by atoms with Gasteiger partial charge in [0.2, 0.25) is 0 Å². The number of hydrazine groups is 1. The van der Waals surface area contributed by atoms with Crippen LogP contribution >= 0.6 is 11.3 Å². The quantitative estimate of drug-likeness (QED) is 0.847. The maximum absolute atomic E-state index is 6.67. The fourth-order valence-corrected chi connectivity index (χ4v) is 5.05. The molecule has 5 heteroatoms. The second kappa shape index (κ2) is 5.78. The molecule has 1 atom stereocenters. The van der Waals surface area contributed by atoms with E-state index >= 15 is 0 Å². The van der Waals surface area contributed by atoms with Gasteiger partial charge < -0.3 is 14.9 Å². The molecule has 5 rings (SSSR count). The third-order valence-electron chi connectivity index (χ3n) is 5.54. The maximum Gasteiger partial charge on any atom is 0.180 e. The fourth-order valence-electron chi connectivity index (χ4n) is 4.34. The van der Waals surface area contributed by atoms with E-state index < -0.39 is 0 Å². The molecule has 0 bridgehead atoms. The number of ether oxygens (including phenoxy) is 2. The van der Waals surface area contributed by atoms with Gasteiger partial charge >= 0.3 is 0 Å². The minimum atomic E-state index is -0.292. The summed E-state index contributed by atoms with van der Waals surface area (Å²) in [4.78, 5) is 1.27. The molecule has 1 aromatic carbocycles. The number of nitrogens with one attached hydrogen (secondary N) is 1. The number of thiophene rings is 1. The Morgan fingerprint density at radius 2 is 2.08 bits per heavy atom. The first-order valence-corrected chi connectivity index (χ1v) is 9.86. The molecular formula is C20H22N2O2S. The smallest absolute Gasteiger partial charge is 0.180 e. The molecule has 1 unspecified atom stereocenters. The van der Waals surface area contributed by atoms with E-state index in [9.17, 15) is 0 Å². The number of para-hydroxylation sites is 1. The van der Waals surface area contributed by atoms with Crippen LogP contribution in [-0.4, -0.2) is 17.8 Å². The average molecular weight is 354 g/mol. The molecule has 1 spiro atoms. The number of hydrogen-bond donors (Lipinski definition) is 1. The van der Waals surface area contributed by atoms with E-state index in [1.165, 1.54) is 35.4 Å². The number of fused-ring (bicyclic) bond motifs is 4. The van der Waals surface area contributed by atoms with Crippen molar-refractivity contribution in [2.45, 2.75) is 43.9 Å². The van der Waals surface area contributed by atoms with Gasteiger partial charge in [0.1, 0.15) is 0 Å². The monoisotopic (exact) mass is 354 g/mol. The molecule has 1 aromatic heterocycles. The van der Waals surface area contributed by atoms with Crippen molar-refractivity contribution >= 4 is 17.0 Å². The molecule has 25 heavy (non-hydrogen) atoms. The summed E-state index contributed by atoms with van der Waals surface area (Å²) in [5.41, 5.74) is 5.74. The highest BCUT2D eigenvalue weighted by atomic mass is 32.1. The molecule has 2 aromatic rings. The highest BCUT2D eigenvalue weighted by Gasteiger charge is 2.51. The zero-order chi connectivity index (χ0) is 16.9. The molecule has 3 heterocycles. The van der Waals surface area contributed by atoms with Crippen LogP contribution in [0.15, 0.2) is 41.8 Å². The lowest BCUT2D eigenvalue weighted by molar-refractivity contribution is -0.151. The largest absolute Gasteiger partial charge is 0.493 e. The second-order valence-electron chi connectivity index (χ2n) is 6.97. The highest BCUT2D eigenvalue weighted by Crippen LogP contribution is 2.52. The topological polar surface area (TPSA) is 33.7 Å². The van der Waals surface area contributed by atoms with Gasteiger partial charge in [0.05, 0.1) is 23.7 Å². The zero-order valence-corrected chi connectivity index (χ0v) is 15.1. The molecule has 1 aliphatic carbocycles. The predicted molar refractivity (Wildman–Crippen MR) is 99.4 cm³/mol. The molecule has 0 radical (unpaired) electrons. The molecule has 4 nitrogen and oxygen atoms in total. The third kappa shape index (κ3) is 2.29. The Morgan fingerprint density at radius 3 is 2.84 bits per heavy atom. The number of hydrogen-bond acceptors (Lipinski definition) is 5. The predicted octanol–water partition coefficient (Wildman–Crippen LogP) is 4.71. The summed E-state index contributed by atoms with van der Waals surface area (Å²) in [6.45, 7) is 0. The van der Waals surface area contributed by atoms with E-state index in [2.05, 4.69) is 46.2 Å². The van der Waals surface area contributed by atoms with Crippen LogP contribution in [0.5, 0.6) is 11.5 Å². The third-order valence-corrected chi connectivity index (χ3v) is 6.45. The van der Waals surface area contributed by atoms with Gasteiger partial charge in [-0.05, 0) is 36.4 Å². The van der Waals surface area contributed by atoms with Crippen molar-refractivity contribution in [3.63, 3.8) is 0 Å². The van der Waals surface area contributed by atoms with Gasteiger partial charge in [-0.2, -0.15) is 5.01 Å². The number of rotatable bonds is 2. The van der Waals surface area contributed by atoms with Crippen LogP contribution in [0.4, 0.5) is 0 Å². The number of nitrogens with zero attached hydrogens (tertiary/aromatic N) is 1. The lowest BCUT2D eigenvalue weighted by atomic mass is 9.87. The number of benzene rings is 1. The van der Waals surface area contributed by atoms with Crippen molar-refractivity contribution in [3.05, 3.63) is 52.2 Å². The molecule has 0 saturated heterocycles. The molecule has 1 fully saturated rings. The van der Waals surface area contributed by atoms with Crippen molar-refractivity contribution in [2.75, 3.05) is 7.11 Å². The van der Waals surface area contributed by atoms with Gasteiger partial charge in [-0.3, -0.25) is 0 Å². The lowest BCUT2D eigenvalue weighted by Crippen LogP contribution is -2.60. The Bertz CT molecular complexity index is 809. The van der Waals surface area contributed by atoms with Crippen LogP contribution in [0, 0.1) is 0 Å². The first-order chi connectivity index (χ1) is 12.3. The zero-order valence-electron chi connectivity index (χ0n) is 14.3. The van der Waals surface area contributed by atoms with Gasteiger partial charge in [0.15, 0.2) is 17.2 Å². The van der Waals surface area contributed by atoms with Crippen molar-refractivity contribution in [3.8, 4) is 11.5 Å². The Morgan fingerprint density at radius 1 is 1.20 bits per heavy atom. The summed E-state index contributed by atoms with van der Waals surface area (Å²) in [7, 11) is 1.72. The molecule has 1 N–H and O–H groups in total. The van der Waals surface area contributed by atoms with Crippen LogP contribution in [0.1, 0.15) is 48.6 Å². The summed E-state index contributed by atoms with van der Waals surface area (Å²) < 4.78 is 12.3. The van der Waals surface area contributed by atoms with E-state index in [1.807, 2.05) is 6.07 Å². The van der Waals surface area contributed by atoms with Crippen LogP contribution in [-0.2, 0) is 0 Å². The van der Waals surface area contributed by atoms with Crippen molar-refractivity contribution < 1.29 is 9.47 Å². The Kier molecular flexibility index (Phi) is 3.54. The Balaban J connectivity index is 1.64. The Labute approximate surface area is 152 Å². The number of methoxy groups -OCH3 is 1. The van der Waals surface area contributed by atoms with Crippen LogP contribution in [0.2, 0.25) is 0 Å². The SMILES string of the molecule is COc1cccc2c1OC1(CCCCC1)N1NC(c3cccs3)=CC21.